The van der Waals surface area contributed by atoms with Gasteiger partial charge in [0.2, 0.25) is 41.4 Å². The number of nitrogens with zero attached hydrogens (tertiary/aromatic N) is 2. The number of hydrogen-bond acceptors (Lipinski definition) is 18. The number of primary amides is 1. The third kappa shape index (κ3) is 28.2. The number of ketones is 5. The van der Waals surface area contributed by atoms with Crippen LogP contribution in [0.2, 0.25) is 0 Å². The van der Waals surface area contributed by atoms with Crippen LogP contribution in [0.4, 0.5) is 4.79 Å². The Bertz CT molecular complexity index is 3820. The van der Waals surface area contributed by atoms with Gasteiger partial charge in [-0.1, -0.05) is 124 Å². The van der Waals surface area contributed by atoms with Crippen molar-refractivity contribution in [2.75, 3.05) is 18.8 Å². The Morgan fingerprint density at radius 3 is 1.77 bits per heavy atom. The number of amides is 9. The van der Waals surface area contributed by atoms with Crippen molar-refractivity contribution in [2.24, 2.45) is 70.8 Å². The quantitative estimate of drug-likeness (QED) is 0.0265. The Kier molecular flexibility index (Phi) is 36.8. The molecule has 1 unspecified atom stereocenters. The number of rotatable bonds is 49. The number of H-pyrrole nitrogens is 1. The molecule has 610 valence electrons. The summed E-state index contributed by atoms with van der Waals surface area (Å²) in [5.41, 5.74) is 7.11. The van der Waals surface area contributed by atoms with Gasteiger partial charge in [-0.2, -0.15) is 12.6 Å². The minimum absolute atomic E-state index is 0.0873. The lowest BCUT2D eigenvalue weighted by Gasteiger charge is -2.34. The molecule has 3 aromatic rings. The number of para-hydroxylation sites is 1. The molecule has 1 aliphatic carbocycles. The summed E-state index contributed by atoms with van der Waals surface area (Å²) in [5.74, 6) is -24.5. The number of imide groups is 1. The summed E-state index contributed by atoms with van der Waals surface area (Å²) in [6, 6.07) is 6.42. The second-order valence-corrected chi connectivity index (χ2v) is 31.4. The van der Waals surface area contributed by atoms with E-state index in [1.54, 1.807) is 88.5 Å². The van der Waals surface area contributed by atoms with Crippen LogP contribution in [0.25, 0.3) is 10.9 Å². The number of aromatic nitrogens is 1. The second kappa shape index (κ2) is 44.4. The fourth-order valence-corrected chi connectivity index (χ4v) is 15.0. The highest BCUT2D eigenvalue weighted by Crippen LogP contribution is 2.37. The molecule has 1 saturated heterocycles. The number of aromatic amines is 1. The maximum Gasteiger partial charge on any atom is 0.324 e. The van der Waals surface area contributed by atoms with Crippen LogP contribution in [0.3, 0.4) is 0 Å². The van der Waals surface area contributed by atoms with E-state index in [-0.39, 0.29) is 63.5 Å². The van der Waals surface area contributed by atoms with Gasteiger partial charge in [-0.3, -0.25) is 81.6 Å². The molecule has 0 radical (unpaired) electrons. The van der Waals surface area contributed by atoms with E-state index in [1.807, 2.05) is 34.6 Å². The lowest BCUT2D eigenvalue weighted by atomic mass is 9.79. The van der Waals surface area contributed by atoms with Gasteiger partial charge in [-0.15, -0.1) is 0 Å². The third-order valence-electron chi connectivity index (χ3n) is 21.0. The Balaban J connectivity index is 1.39. The van der Waals surface area contributed by atoms with Gasteiger partial charge in [-0.05, 0) is 105 Å². The van der Waals surface area contributed by atoms with Gasteiger partial charge in [0.15, 0.2) is 23.1 Å². The number of carboxylic acid groups (broad SMARTS) is 4. The Morgan fingerprint density at radius 2 is 1.16 bits per heavy atom. The van der Waals surface area contributed by atoms with Crippen LogP contribution < -0.4 is 32.3 Å². The predicted molar refractivity (Wildman–Crippen MR) is 411 cm³/mol. The number of likely N-dealkylation sites (tertiary alicyclic amines) is 1. The molecule has 0 bridgehead atoms. The molecule has 0 spiro atoms. The largest absolute Gasteiger partial charge is 0.481 e. The van der Waals surface area contributed by atoms with E-state index in [0.717, 1.165) is 4.90 Å². The number of nitrogens with one attached hydrogen (secondary N) is 6. The van der Waals surface area contributed by atoms with E-state index in [1.165, 1.54) is 4.90 Å². The average Bonchev–Trinajstić information content (AvgIpc) is 1.77. The average molecular weight is 1570 g/mol. The summed E-state index contributed by atoms with van der Waals surface area (Å²) in [4.78, 5) is 239. The number of hydrogen-bond donors (Lipinski definition) is 12. The summed E-state index contributed by atoms with van der Waals surface area (Å²) in [7, 11) is 0. The monoisotopic (exact) mass is 1570 g/mol. The van der Waals surface area contributed by atoms with E-state index in [4.69, 9.17) is 10.8 Å². The zero-order valence-corrected chi connectivity index (χ0v) is 65.9. The van der Waals surface area contributed by atoms with Gasteiger partial charge in [-0.25, -0.2) is 4.79 Å². The topological polar surface area (TPSA) is 480 Å². The van der Waals surface area contributed by atoms with Crippen LogP contribution in [-0.2, 0) is 89.6 Å². The summed E-state index contributed by atoms with van der Waals surface area (Å²) in [5, 5.41) is 53.2. The van der Waals surface area contributed by atoms with Crippen molar-refractivity contribution < 1.29 is 102 Å². The van der Waals surface area contributed by atoms with E-state index < -0.39 is 260 Å². The van der Waals surface area contributed by atoms with Crippen LogP contribution in [0.1, 0.15) is 189 Å². The molecule has 30 nitrogen and oxygen atoms in total. The molecule has 9 amide bonds. The van der Waals surface area contributed by atoms with Crippen LogP contribution in [0.15, 0.2) is 60.8 Å². The number of aliphatic carboxylic acids is 4. The van der Waals surface area contributed by atoms with E-state index >= 15 is 4.79 Å². The number of thiol groups is 1. The molecular formula is C80H113N9O21S. The lowest BCUT2D eigenvalue weighted by Crippen LogP contribution is -2.59. The van der Waals surface area contributed by atoms with E-state index in [2.05, 4.69) is 44.2 Å². The minimum Gasteiger partial charge on any atom is -0.481 e. The molecule has 31 heteroatoms. The highest BCUT2D eigenvalue weighted by Gasteiger charge is 2.45. The summed E-state index contributed by atoms with van der Waals surface area (Å²) in [6.45, 7) is 16.4. The molecule has 14 atom stereocenters. The number of carbonyl (C=O) groups excluding carboxylic acids is 13. The first-order valence-corrected chi connectivity index (χ1v) is 39.1. The van der Waals surface area contributed by atoms with Crippen LogP contribution in [-0.4, -0.2) is 190 Å². The predicted octanol–water partition coefficient (Wildman–Crippen LogP) is 6.60. The van der Waals surface area contributed by atoms with Gasteiger partial charge in [0.1, 0.15) is 17.9 Å². The molecule has 1 saturated carbocycles. The summed E-state index contributed by atoms with van der Waals surface area (Å²) >= 11 is 4.39. The van der Waals surface area contributed by atoms with Gasteiger partial charge >= 0.3 is 29.9 Å². The zero-order valence-electron chi connectivity index (χ0n) is 65.0. The maximum atomic E-state index is 15.0. The van der Waals surface area contributed by atoms with Gasteiger partial charge in [0, 0.05) is 110 Å². The fourth-order valence-electron chi connectivity index (χ4n) is 14.7. The summed E-state index contributed by atoms with van der Waals surface area (Å²) < 4.78 is 0. The molecule has 2 fully saturated rings. The van der Waals surface area contributed by atoms with Crippen molar-refractivity contribution in [1.82, 2.24) is 41.4 Å². The SMILES string of the molecule is CC[C@@H](C)[C@H](NC(=O)N(CC(C)C)C(=O)[C@H](C)CC(C)C)C(=O)N1CCC[C@H]1C(=O)N[C@@H](Cc1ccccc1)C(=O)C[C@@H](CC(=O)O)C(=O)N[C@@H](CS)C(=O)C[C@@H](Cc1c[nH]c2ccccc12)C(=O)N[C@@H](CCC(=O)O)C(=O)C1CCC[C@H]1C(=O)C[C@H](C(=O)N[C@@H](CCC(N)=O)C(=O)C[C@@H](CCC(=O)O)C(=O)O)C(C)C. The molecular weight excluding hydrogens is 1450 g/mol. The number of carboxylic acids is 4. The first-order chi connectivity index (χ1) is 52.3. The number of carbonyl (C=O) groups is 17. The molecule has 2 aromatic carbocycles. The first-order valence-electron chi connectivity index (χ1n) is 38.5. The highest BCUT2D eigenvalue weighted by molar-refractivity contribution is 7.80. The van der Waals surface area contributed by atoms with Crippen molar-refractivity contribution in [3.63, 3.8) is 0 Å². The van der Waals surface area contributed by atoms with Gasteiger partial charge in [0.05, 0.1) is 42.4 Å². The third-order valence-corrected chi connectivity index (χ3v) is 21.4. The number of urea groups is 1. The number of benzene rings is 2. The molecule has 5 rings (SSSR count). The Hall–Kier alpha value is -9.68. The normalized spacial score (nSPS) is 17.8. The molecule has 111 heavy (non-hydrogen) atoms. The fraction of sp³-hybridized carbons (Fsp3) is 0.613. The number of nitrogens with two attached hydrogens (primary N) is 1. The molecule has 1 aromatic heterocycles. The maximum absolute atomic E-state index is 15.0. The van der Waals surface area contributed by atoms with Crippen molar-refractivity contribution in [3.8, 4) is 0 Å². The number of fused-ring (bicyclic) bond motifs is 1. The highest BCUT2D eigenvalue weighted by atomic mass is 32.1. The molecule has 1 aliphatic heterocycles. The van der Waals surface area contributed by atoms with Gasteiger partial charge in [0.25, 0.3) is 0 Å². The Labute approximate surface area is 652 Å². The van der Waals surface area contributed by atoms with Gasteiger partial charge < -0.3 is 62.6 Å². The van der Waals surface area contributed by atoms with Crippen molar-refractivity contribution in [1.29, 1.82) is 0 Å². The number of Topliss-reactive ketones (excluding diaryl/α,β-unsaturated/α-hetero) is 5. The van der Waals surface area contributed by atoms with Crippen molar-refractivity contribution in [2.45, 2.75) is 227 Å². The smallest absolute Gasteiger partial charge is 0.324 e. The molecule has 12 N–H and O–H groups in total. The van der Waals surface area contributed by atoms with Crippen molar-refractivity contribution in [3.05, 3.63) is 71.9 Å². The lowest BCUT2D eigenvalue weighted by molar-refractivity contribution is -0.145. The summed E-state index contributed by atoms with van der Waals surface area (Å²) in [6.07, 6.45) is -3.17. The second-order valence-electron chi connectivity index (χ2n) is 31.0. The molecule has 2 heterocycles. The Morgan fingerprint density at radius 1 is 0.586 bits per heavy atom. The van der Waals surface area contributed by atoms with Crippen LogP contribution in [0.5, 0.6) is 0 Å². The zero-order chi connectivity index (χ0) is 82.7. The van der Waals surface area contributed by atoms with E-state index in [9.17, 15) is 92.0 Å². The van der Waals surface area contributed by atoms with Crippen LogP contribution >= 0.6 is 12.6 Å². The van der Waals surface area contributed by atoms with Crippen molar-refractivity contribution >= 4 is 124 Å². The first kappa shape index (κ1) is 91.9. The molecule has 2 aliphatic rings. The van der Waals surface area contributed by atoms with Crippen LogP contribution in [0, 0.1) is 65.1 Å². The standard InChI is InChI=1S/C80H113N9O21S/c1-10-46(8)71(87-80(110)89(41-44(4)5)77(106)47(9)32-43(2)3)78(107)88-31-17-24-62(88)76(105)85-60(33-48-18-12-11-13-19-48)65(92)37-51(38-70(99)100)74(103)86-61(42-111)66(93)36-50(34-52-40-82-57-23-15-14-20-53(52)57)73(102)84-59(27-30-69(97)98)72(101)55-22-16-21-54(55)63(90)39-56(45(6)7)75(104)83-58(26-28-67(81)94)64(91)35-49(79(108)109)25-29-68(95)96/h11-15,18-20,23,40,43-47,49-51,54-56,58-62,71,82,111H,10,16-17,21-22,24-39,41-42H2,1-9H3,(H2,81,94)(H,83,104)(H,84,102)(H,85,105)(H,86,103)(H,87,110)(H,95,96)(H,97,98)(H,99,100)(H,108,109)/t46-,47-,49-,50-,51+,54-,55?,56+,58+,59+,60+,61+,62+,71+/m1/s1. The van der Waals surface area contributed by atoms with E-state index in [0.29, 0.717) is 47.7 Å². The minimum atomic E-state index is -1.68.